The molecule has 0 spiro atoms. The lowest BCUT2D eigenvalue weighted by Gasteiger charge is -2.31. The lowest BCUT2D eigenvalue weighted by atomic mass is 9.86. The Morgan fingerprint density at radius 1 is 1.00 bits per heavy atom. The van der Waals surface area contributed by atoms with Crippen LogP contribution >= 0.6 is 0 Å². The third-order valence-electron chi connectivity index (χ3n) is 4.69. The molecule has 3 N–H and O–H groups in total. The second-order valence-corrected chi connectivity index (χ2v) is 8.95. The summed E-state index contributed by atoms with van der Waals surface area (Å²) in [4.78, 5) is 21.8. The lowest BCUT2D eigenvalue weighted by molar-refractivity contribution is -0.140. The van der Waals surface area contributed by atoms with Gasteiger partial charge in [0.15, 0.2) is 7.85 Å². The van der Waals surface area contributed by atoms with Crippen LogP contribution in [0.25, 0.3) is 0 Å². The van der Waals surface area contributed by atoms with Crippen molar-refractivity contribution in [1.82, 2.24) is 5.32 Å². The van der Waals surface area contributed by atoms with Crippen molar-refractivity contribution in [2.45, 2.75) is 71.6 Å². The predicted molar refractivity (Wildman–Crippen MR) is 116 cm³/mol. The number of rotatable bonds is 17. The van der Waals surface area contributed by atoms with Gasteiger partial charge in [-0.25, -0.2) is 4.79 Å². The summed E-state index contributed by atoms with van der Waals surface area (Å²) >= 11 is 0. The first-order valence-corrected chi connectivity index (χ1v) is 10.1. The van der Waals surface area contributed by atoms with Crippen LogP contribution in [0.1, 0.15) is 60.3 Å². The zero-order chi connectivity index (χ0) is 22.6. The highest BCUT2D eigenvalue weighted by Gasteiger charge is 2.25. The predicted octanol–water partition coefficient (Wildman–Crippen LogP) is 2.07. The molecule has 0 aromatic rings. The molecule has 29 heavy (non-hydrogen) atoms. The molecule has 0 aromatic carbocycles. The van der Waals surface area contributed by atoms with Crippen molar-refractivity contribution >= 4 is 19.5 Å². The highest BCUT2D eigenvalue weighted by molar-refractivity contribution is 6.58. The molecule has 0 aliphatic carbocycles. The smallest absolute Gasteiger partial charge is 0.330 e. The topological polar surface area (TPSA) is 99.9 Å². The average molecular weight is 410 g/mol. The van der Waals surface area contributed by atoms with Gasteiger partial charge in [-0.2, -0.15) is 0 Å². The number of nitrogens with one attached hydrogen (secondary N) is 1. The van der Waals surface area contributed by atoms with Crippen molar-refractivity contribution in [2.24, 2.45) is 11.1 Å². The summed E-state index contributed by atoms with van der Waals surface area (Å²) in [6.45, 7) is 15.6. The Labute approximate surface area is 177 Å². The molecular formula is C21H39BN2O5. The van der Waals surface area contributed by atoms with Crippen LogP contribution in [0.15, 0.2) is 12.7 Å². The number of nitrogens with two attached hydrogens (primary N) is 1. The minimum absolute atomic E-state index is 0.0576. The third kappa shape index (κ3) is 16.3. The second-order valence-electron chi connectivity index (χ2n) is 8.95. The van der Waals surface area contributed by atoms with E-state index in [0.717, 1.165) is 25.5 Å². The van der Waals surface area contributed by atoms with E-state index in [1.807, 2.05) is 20.8 Å². The molecule has 0 aliphatic heterocycles. The van der Waals surface area contributed by atoms with Crippen molar-refractivity contribution in [3.05, 3.63) is 12.7 Å². The molecule has 0 rings (SSSR count). The maximum atomic E-state index is 11.1. The first-order valence-electron chi connectivity index (χ1n) is 10.1. The number of carbonyl (C=O) groups is 2. The summed E-state index contributed by atoms with van der Waals surface area (Å²) in [5.41, 5.74) is 4.73. The molecule has 0 saturated carbocycles. The van der Waals surface area contributed by atoms with Crippen LogP contribution in [0.5, 0.6) is 0 Å². The van der Waals surface area contributed by atoms with Gasteiger partial charge in [0.05, 0.1) is 24.5 Å². The Balaban J connectivity index is 4.08. The summed E-state index contributed by atoms with van der Waals surface area (Å²) in [6.07, 6.45) is 4.01. The number of ether oxygens (including phenoxy) is 3. The zero-order valence-corrected chi connectivity index (χ0v) is 18.8. The molecule has 8 heteroatoms. The molecule has 2 radical (unpaired) electrons. The Morgan fingerprint density at radius 2 is 1.62 bits per heavy atom. The zero-order valence-electron chi connectivity index (χ0n) is 18.8. The molecule has 0 amide bonds. The van der Waals surface area contributed by atoms with Crippen LogP contribution in [-0.2, 0) is 23.8 Å². The molecule has 0 saturated heterocycles. The Kier molecular flexibility index (Phi) is 12.6. The van der Waals surface area contributed by atoms with Crippen molar-refractivity contribution in [2.75, 3.05) is 32.9 Å². The summed E-state index contributed by atoms with van der Waals surface area (Å²) in [5, 5.41) is 3.02. The monoisotopic (exact) mass is 410 g/mol. The quantitative estimate of drug-likeness (QED) is 0.125. The summed E-state index contributed by atoms with van der Waals surface area (Å²) in [7, 11) is 5.11. The largest absolute Gasteiger partial charge is 0.462 e. The fourth-order valence-electron chi connectivity index (χ4n) is 2.45. The van der Waals surface area contributed by atoms with E-state index in [1.165, 1.54) is 0 Å². The van der Waals surface area contributed by atoms with E-state index in [-0.39, 0.29) is 24.2 Å². The molecule has 0 heterocycles. The molecule has 0 fully saturated rings. The second kappa shape index (κ2) is 13.2. The van der Waals surface area contributed by atoms with Crippen molar-refractivity contribution < 1.29 is 23.8 Å². The van der Waals surface area contributed by atoms with Gasteiger partial charge in [-0.1, -0.05) is 20.4 Å². The lowest BCUT2D eigenvalue weighted by Crippen LogP contribution is -2.42. The Hall–Kier alpha value is -1.22. The highest BCUT2D eigenvalue weighted by atomic mass is 16.5. The molecule has 0 aromatic heterocycles. The SMILES string of the molecule is [B]C(=O)CNCCC(C)(C)CCOC(C)(N)CCOC(C)(C)CCOC(=O)C=C. The molecule has 0 bridgehead atoms. The maximum Gasteiger partial charge on any atom is 0.330 e. The highest BCUT2D eigenvalue weighted by Crippen LogP contribution is 2.25. The van der Waals surface area contributed by atoms with E-state index in [4.69, 9.17) is 27.8 Å². The average Bonchev–Trinajstić information content (AvgIpc) is 2.57. The minimum Gasteiger partial charge on any atom is -0.462 e. The number of carbonyl (C=O) groups excluding carboxylic acids is 2. The summed E-state index contributed by atoms with van der Waals surface area (Å²) < 4.78 is 16.8. The van der Waals surface area contributed by atoms with Crippen molar-refractivity contribution in [3.8, 4) is 0 Å². The molecular weight excluding hydrogens is 371 g/mol. The van der Waals surface area contributed by atoms with Crippen LogP contribution < -0.4 is 11.1 Å². The van der Waals surface area contributed by atoms with Crippen molar-refractivity contribution in [1.29, 1.82) is 0 Å². The Morgan fingerprint density at radius 3 is 2.21 bits per heavy atom. The number of hydrogen-bond donors (Lipinski definition) is 2. The standard InChI is InChI=1S/C21H39BN2O5/c1-7-18(26)27-13-10-20(4,5)28-15-11-21(6,23)29-14-9-19(2,3)8-12-24-16-17(22)25/h7,24H,1,8-16,23H2,2-6H3. The van der Waals surface area contributed by atoms with Crippen LogP contribution in [0.2, 0.25) is 0 Å². The van der Waals surface area contributed by atoms with Crippen molar-refractivity contribution in [3.63, 3.8) is 0 Å². The molecule has 0 aliphatic rings. The van der Waals surface area contributed by atoms with Crippen LogP contribution in [0, 0.1) is 5.41 Å². The summed E-state index contributed by atoms with van der Waals surface area (Å²) in [6, 6.07) is 0. The fraction of sp³-hybridized carbons (Fsp3) is 0.810. The first kappa shape index (κ1) is 27.8. The van der Waals surface area contributed by atoms with E-state index in [9.17, 15) is 9.59 Å². The van der Waals surface area contributed by atoms with E-state index < -0.39 is 17.3 Å². The van der Waals surface area contributed by atoms with Gasteiger partial charge in [-0.15, -0.1) is 0 Å². The molecule has 166 valence electrons. The van der Waals surface area contributed by atoms with Gasteiger partial charge in [0.25, 0.3) is 0 Å². The van der Waals surface area contributed by atoms with E-state index >= 15 is 0 Å². The van der Waals surface area contributed by atoms with Crippen LogP contribution in [0.3, 0.4) is 0 Å². The van der Waals surface area contributed by atoms with Gasteiger partial charge in [-0.05, 0) is 45.6 Å². The Bertz CT molecular complexity index is 521. The van der Waals surface area contributed by atoms with Crippen LogP contribution in [-0.4, -0.2) is 63.7 Å². The van der Waals surface area contributed by atoms with E-state index in [0.29, 0.717) is 26.1 Å². The van der Waals surface area contributed by atoms with Gasteiger partial charge >= 0.3 is 5.97 Å². The van der Waals surface area contributed by atoms with E-state index in [2.05, 4.69) is 25.7 Å². The number of hydrogen-bond acceptors (Lipinski definition) is 7. The molecule has 1 unspecified atom stereocenters. The fourth-order valence-corrected chi connectivity index (χ4v) is 2.45. The van der Waals surface area contributed by atoms with Gasteiger partial charge in [0.1, 0.15) is 5.72 Å². The van der Waals surface area contributed by atoms with Gasteiger partial charge in [0, 0.05) is 32.1 Å². The van der Waals surface area contributed by atoms with Crippen LogP contribution in [0.4, 0.5) is 0 Å². The minimum atomic E-state index is -0.786. The number of esters is 1. The normalized spacial score (nSPS) is 14.3. The summed E-state index contributed by atoms with van der Waals surface area (Å²) in [5.74, 6) is -0.435. The third-order valence-corrected chi connectivity index (χ3v) is 4.69. The van der Waals surface area contributed by atoms with Gasteiger partial charge in [0.2, 0.25) is 0 Å². The van der Waals surface area contributed by atoms with Gasteiger partial charge in [-0.3, -0.25) is 0 Å². The molecule has 7 nitrogen and oxygen atoms in total. The van der Waals surface area contributed by atoms with E-state index in [1.54, 1.807) is 0 Å². The molecule has 1 atom stereocenters. The van der Waals surface area contributed by atoms with Gasteiger partial charge < -0.3 is 30.1 Å². The first-order chi connectivity index (χ1) is 13.3. The maximum absolute atomic E-state index is 11.1.